The zero-order valence-electron chi connectivity index (χ0n) is 17.0. The summed E-state index contributed by atoms with van der Waals surface area (Å²) in [4.78, 5) is 38.4. The molecule has 0 unspecified atom stereocenters. The van der Waals surface area contributed by atoms with Crippen LogP contribution in [0.15, 0.2) is 16.2 Å². The summed E-state index contributed by atoms with van der Waals surface area (Å²) in [5.41, 5.74) is 6.16. The number of aryl methyl sites for hydroxylation is 2. The molecule has 4 heterocycles. The zero-order chi connectivity index (χ0) is 21.3. The molecule has 0 saturated carbocycles. The Kier molecular flexibility index (Phi) is 5.85. The Morgan fingerprint density at radius 3 is 2.73 bits per heavy atom. The molecule has 4 rings (SSSR count). The third kappa shape index (κ3) is 3.71. The van der Waals surface area contributed by atoms with Crippen LogP contribution in [0.5, 0.6) is 0 Å². The summed E-state index contributed by atoms with van der Waals surface area (Å²) in [5, 5.41) is 10.5. The zero-order valence-corrected chi connectivity index (χ0v) is 17.9. The third-order valence-electron chi connectivity index (χ3n) is 5.77. The van der Waals surface area contributed by atoms with E-state index in [1.807, 2.05) is 27.7 Å². The largest absolute Gasteiger partial charge is 0.369 e. The van der Waals surface area contributed by atoms with Gasteiger partial charge in [0.15, 0.2) is 0 Å². The highest BCUT2D eigenvalue weighted by atomic mass is 32.1. The second-order valence-corrected chi connectivity index (χ2v) is 8.67. The van der Waals surface area contributed by atoms with Crippen LogP contribution in [0.2, 0.25) is 0 Å². The smallest absolute Gasteiger partial charge is 0.272 e. The number of carbonyl (C=O) groups is 2. The first-order valence-corrected chi connectivity index (χ1v) is 11.3. The van der Waals surface area contributed by atoms with Gasteiger partial charge in [0.1, 0.15) is 10.5 Å². The van der Waals surface area contributed by atoms with Crippen molar-refractivity contribution in [2.75, 3.05) is 13.1 Å². The van der Waals surface area contributed by atoms with Crippen LogP contribution in [-0.2, 0) is 22.6 Å². The van der Waals surface area contributed by atoms with Crippen LogP contribution < -0.4 is 11.3 Å². The van der Waals surface area contributed by atoms with E-state index in [2.05, 4.69) is 10.2 Å². The molecule has 0 atom stereocenters. The lowest BCUT2D eigenvalue weighted by molar-refractivity contribution is -0.134. The molecule has 2 N–H and O–H groups in total. The van der Waals surface area contributed by atoms with E-state index in [0.29, 0.717) is 62.2 Å². The fraction of sp³-hybridized carbons (Fsp3) is 0.550. The molecule has 1 aliphatic rings. The molecule has 0 aromatic carbocycles. The molecule has 3 aromatic heterocycles. The summed E-state index contributed by atoms with van der Waals surface area (Å²) in [6, 6.07) is 1.92. The van der Waals surface area contributed by atoms with Crippen molar-refractivity contribution in [2.45, 2.75) is 52.0 Å². The van der Waals surface area contributed by atoms with Gasteiger partial charge in [0.2, 0.25) is 17.6 Å². The molecular weight excluding hydrogens is 404 g/mol. The van der Waals surface area contributed by atoms with Crippen LogP contribution in [0.25, 0.3) is 16.0 Å². The number of nitrogens with two attached hydrogens (primary N) is 1. The maximum atomic E-state index is 12.8. The topological polar surface area (TPSA) is 116 Å². The summed E-state index contributed by atoms with van der Waals surface area (Å²) in [5.74, 6) is 1.02. The Hall–Kier alpha value is -2.75. The molecule has 1 saturated heterocycles. The molecule has 0 radical (unpaired) electrons. The fourth-order valence-electron chi connectivity index (χ4n) is 4.14. The number of fused-ring (bicyclic) bond motifs is 3. The molecule has 10 heteroatoms. The van der Waals surface area contributed by atoms with Gasteiger partial charge in [-0.1, -0.05) is 6.92 Å². The van der Waals surface area contributed by atoms with Crippen LogP contribution in [0.4, 0.5) is 0 Å². The van der Waals surface area contributed by atoms with E-state index in [9.17, 15) is 14.4 Å². The predicted octanol–water partition coefficient (Wildman–Crippen LogP) is 1.56. The van der Waals surface area contributed by atoms with Crippen LogP contribution in [0.3, 0.4) is 0 Å². The number of aromatic nitrogens is 4. The second kappa shape index (κ2) is 8.55. The standard InChI is InChI=1S/C20H26N6O3S/c1-2-9-25-19(29)17-14(8-12-30-17)26-15(22-23-20(25)26)4-3-5-16(27)24-10-6-13(7-11-24)18(21)28/h8,12-13H,2-7,9-11H2,1H3,(H2,21,28). The quantitative estimate of drug-likeness (QED) is 0.611. The Morgan fingerprint density at radius 1 is 1.27 bits per heavy atom. The fourth-order valence-corrected chi connectivity index (χ4v) is 4.96. The maximum absolute atomic E-state index is 12.8. The van der Waals surface area contributed by atoms with Gasteiger partial charge in [0.05, 0.1) is 5.52 Å². The van der Waals surface area contributed by atoms with Gasteiger partial charge in [0, 0.05) is 38.4 Å². The lowest BCUT2D eigenvalue weighted by atomic mass is 9.96. The summed E-state index contributed by atoms with van der Waals surface area (Å²) in [6.07, 6.45) is 3.77. The Morgan fingerprint density at radius 2 is 2.03 bits per heavy atom. The second-order valence-electron chi connectivity index (χ2n) is 7.75. The summed E-state index contributed by atoms with van der Waals surface area (Å²) < 4.78 is 4.33. The minimum absolute atomic E-state index is 0.0251. The average Bonchev–Trinajstić information content (AvgIpc) is 3.38. The molecule has 0 spiro atoms. The minimum atomic E-state index is -0.276. The first-order chi connectivity index (χ1) is 14.5. The van der Waals surface area contributed by atoms with Crippen LogP contribution >= 0.6 is 11.3 Å². The van der Waals surface area contributed by atoms with Gasteiger partial charge in [0.25, 0.3) is 5.56 Å². The highest BCUT2D eigenvalue weighted by Crippen LogP contribution is 2.21. The number of hydrogen-bond donors (Lipinski definition) is 1. The van der Waals surface area contributed by atoms with Crippen molar-refractivity contribution in [3.8, 4) is 0 Å². The highest BCUT2D eigenvalue weighted by Gasteiger charge is 2.25. The summed E-state index contributed by atoms with van der Waals surface area (Å²) in [6.45, 7) is 3.78. The van der Waals surface area contributed by atoms with E-state index in [-0.39, 0.29) is 23.3 Å². The lowest BCUT2D eigenvalue weighted by Crippen LogP contribution is -2.41. The number of primary amides is 1. The van der Waals surface area contributed by atoms with E-state index in [4.69, 9.17) is 5.73 Å². The van der Waals surface area contributed by atoms with Gasteiger partial charge in [-0.05, 0) is 37.1 Å². The van der Waals surface area contributed by atoms with Crippen molar-refractivity contribution in [1.82, 2.24) is 24.1 Å². The summed E-state index contributed by atoms with van der Waals surface area (Å²) in [7, 11) is 0. The number of carbonyl (C=O) groups excluding carboxylic acids is 2. The molecule has 30 heavy (non-hydrogen) atoms. The molecule has 160 valence electrons. The molecule has 9 nitrogen and oxygen atoms in total. The number of hydrogen-bond acceptors (Lipinski definition) is 6. The van der Waals surface area contributed by atoms with E-state index in [0.717, 1.165) is 17.8 Å². The molecule has 0 bridgehead atoms. The van der Waals surface area contributed by atoms with Gasteiger partial charge in [-0.2, -0.15) is 0 Å². The van der Waals surface area contributed by atoms with Gasteiger partial charge < -0.3 is 10.6 Å². The molecule has 3 aromatic rings. The van der Waals surface area contributed by atoms with E-state index in [1.54, 1.807) is 4.57 Å². The minimum Gasteiger partial charge on any atom is -0.369 e. The lowest BCUT2D eigenvalue weighted by Gasteiger charge is -2.30. The highest BCUT2D eigenvalue weighted by molar-refractivity contribution is 7.17. The first kappa shape index (κ1) is 20.5. The number of thiophene rings is 1. The third-order valence-corrected chi connectivity index (χ3v) is 6.66. The average molecular weight is 431 g/mol. The number of amides is 2. The number of rotatable bonds is 7. The van der Waals surface area contributed by atoms with Crippen molar-refractivity contribution in [3.63, 3.8) is 0 Å². The Labute approximate surface area is 177 Å². The number of piperidine rings is 1. The van der Waals surface area contributed by atoms with E-state index in [1.165, 1.54) is 11.3 Å². The normalized spacial score (nSPS) is 15.3. The van der Waals surface area contributed by atoms with Crippen molar-refractivity contribution >= 4 is 39.1 Å². The van der Waals surface area contributed by atoms with Gasteiger partial charge >= 0.3 is 0 Å². The van der Waals surface area contributed by atoms with Crippen LogP contribution in [0, 0.1) is 5.92 Å². The monoisotopic (exact) mass is 430 g/mol. The van der Waals surface area contributed by atoms with Crippen LogP contribution in [-0.4, -0.2) is 49.0 Å². The van der Waals surface area contributed by atoms with Crippen molar-refractivity contribution in [3.05, 3.63) is 27.6 Å². The Bertz CT molecular complexity index is 1140. The van der Waals surface area contributed by atoms with E-state index >= 15 is 0 Å². The number of likely N-dealkylation sites (tertiary alicyclic amines) is 1. The maximum Gasteiger partial charge on any atom is 0.272 e. The van der Waals surface area contributed by atoms with Crippen molar-refractivity contribution < 1.29 is 9.59 Å². The molecule has 1 fully saturated rings. The Balaban J connectivity index is 1.47. The van der Waals surface area contributed by atoms with Crippen LogP contribution in [0.1, 0.15) is 44.9 Å². The molecule has 0 aliphatic carbocycles. The summed E-state index contributed by atoms with van der Waals surface area (Å²) >= 11 is 1.43. The molecular formula is C20H26N6O3S. The first-order valence-electron chi connectivity index (χ1n) is 10.4. The van der Waals surface area contributed by atoms with Gasteiger partial charge in [-0.15, -0.1) is 21.5 Å². The van der Waals surface area contributed by atoms with Crippen molar-refractivity contribution in [2.24, 2.45) is 11.7 Å². The number of nitrogens with zero attached hydrogens (tertiary/aromatic N) is 5. The van der Waals surface area contributed by atoms with Crippen molar-refractivity contribution in [1.29, 1.82) is 0 Å². The SMILES string of the molecule is CCCn1c(=O)c2sccc2n2c(CCCC(=O)N3CCC(C(N)=O)CC3)nnc12. The van der Waals surface area contributed by atoms with Gasteiger partial charge in [-0.25, -0.2) is 0 Å². The predicted molar refractivity (Wildman–Crippen MR) is 114 cm³/mol. The molecule has 2 amide bonds. The molecule has 1 aliphatic heterocycles. The van der Waals surface area contributed by atoms with E-state index < -0.39 is 0 Å². The van der Waals surface area contributed by atoms with Gasteiger partial charge in [-0.3, -0.25) is 23.4 Å².